The van der Waals surface area contributed by atoms with Crippen LogP contribution in [0.2, 0.25) is 0 Å². The van der Waals surface area contributed by atoms with Crippen molar-refractivity contribution in [3.63, 3.8) is 0 Å². The largest absolute Gasteiger partial charge is 0.334 e. The summed E-state index contributed by atoms with van der Waals surface area (Å²) in [6.07, 6.45) is 2.08. The average molecular weight is 373 g/mol. The van der Waals surface area contributed by atoms with Crippen LogP contribution in [0.1, 0.15) is 40.3 Å². The quantitative estimate of drug-likeness (QED) is 0.852. The van der Waals surface area contributed by atoms with Crippen molar-refractivity contribution in [2.45, 2.75) is 30.4 Å². The number of nitrogens with zero attached hydrogens (tertiary/aromatic N) is 1. The van der Waals surface area contributed by atoms with Gasteiger partial charge in [-0.25, -0.2) is 0 Å². The van der Waals surface area contributed by atoms with E-state index in [1.54, 1.807) is 0 Å². The summed E-state index contributed by atoms with van der Waals surface area (Å²) in [5.74, 6) is 2.65. The average Bonchev–Trinajstić information content (AvgIpc) is 3.25. The molecule has 1 aromatic rings. The van der Waals surface area contributed by atoms with E-state index in [1.807, 2.05) is 35.7 Å². The van der Waals surface area contributed by atoms with E-state index in [0.29, 0.717) is 10.6 Å². The van der Waals surface area contributed by atoms with Gasteiger partial charge in [-0.15, -0.1) is 35.9 Å². The van der Waals surface area contributed by atoms with Crippen LogP contribution in [0.3, 0.4) is 0 Å². The summed E-state index contributed by atoms with van der Waals surface area (Å²) < 4.78 is 0.551. The summed E-state index contributed by atoms with van der Waals surface area (Å²) in [6.45, 7) is 4.94. The van der Waals surface area contributed by atoms with Gasteiger partial charge in [-0.3, -0.25) is 4.79 Å². The van der Waals surface area contributed by atoms with E-state index >= 15 is 0 Å². The standard InChI is InChI=1S/C17H24N2OS2.ClH/c1-2-9-19(15-7-8-18-12-15)16(20)13-3-5-14(6-4-13)17-21-10-11-22-17;/h3-6,15,17-18H,2,7-12H2,1H3;1H. The molecular formula is C17H25ClN2OS2. The van der Waals surface area contributed by atoms with Crippen molar-refractivity contribution >= 4 is 41.8 Å². The molecule has 0 spiro atoms. The Hall–Kier alpha value is -0.360. The minimum atomic E-state index is 0. The zero-order chi connectivity index (χ0) is 15.4. The van der Waals surface area contributed by atoms with E-state index in [9.17, 15) is 4.79 Å². The van der Waals surface area contributed by atoms with Crippen molar-refractivity contribution in [3.05, 3.63) is 35.4 Å². The lowest BCUT2D eigenvalue weighted by molar-refractivity contribution is 0.0692. The van der Waals surface area contributed by atoms with Gasteiger partial charge in [0.15, 0.2) is 0 Å². The maximum Gasteiger partial charge on any atom is 0.254 e. The molecular weight excluding hydrogens is 348 g/mol. The molecule has 0 radical (unpaired) electrons. The van der Waals surface area contributed by atoms with Crippen LogP contribution >= 0.6 is 35.9 Å². The molecule has 23 heavy (non-hydrogen) atoms. The Morgan fingerprint density at radius 1 is 1.26 bits per heavy atom. The SMILES string of the molecule is CCCN(C(=O)c1ccc(C2SCCS2)cc1)C1CCNC1.Cl. The van der Waals surface area contributed by atoms with Gasteiger partial charge in [-0.1, -0.05) is 19.1 Å². The molecule has 1 N–H and O–H groups in total. The second-order valence-corrected chi connectivity index (χ2v) is 8.57. The van der Waals surface area contributed by atoms with Gasteiger partial charge in [0.2, 0.25) is 0 Å². The van der Waals surface area contributed by atoms with Crippen molar-refractivity contribution in [1.29, 1.82) is 0 Å². The van der Waals surface area contributed by atoms with Crippen LogP contribution in [0, 0.1) is 0 Å². The number of nitrogens with one attached hydrogen (secondary N) is 1. The molecule has 1 amide bonds. The highest BCUT2D eigenvalue weighted by molar-refractivity contribution is 8.19. The maximum atomic E-state index is 12.8. The molecule has 0 aliphatic carbocycles. The van der Waals surface area contributed by atoms with Crippen LogP contribution in [-0.4, -0.2) is 48.0 Å². The van der Waals surface area contributed by atoms with Crippen LogP contribution in [-0.2, 0) is 0 Å². The fourth-order valence-electron chi connectivity index (χ4n) is 3.10. The first kappa shape index (κ1) is 19.0. The molecule has 2 aliphatic rings. The van der Waals surface area contributed by atoms with Crippen molar-refractivity contribution in [3.8, 4) is 0 Å². The third kappa shape index (κ3) is 4.59. The van der Waals surface area contributed by atoms with Gasteiger partial charge in [0.25, 0.3) is 5.91 Å². The van der Waals surface area contributed by atoms with Crippen LogP contribution in [0.15, 0.2) is 24.3 Å². The highest BCUT2D eigenvalue weighted by Crippen LogP contribution is 2.45. The third-order valence-electron chi connectivity index (χ3n) is 4.25. The third-order valence-corrected chi connectivity index (χ3v) is 7.36. The number of rotatable bonds is 5. The number of hydrogen-bond acceptors (Lipinski definition) is 4. The molecule has 2 heterocycles. The van der Waals surface area contributed by atoms with Gasteiger partial charge in [0.1, 0.15) is 0 Å². The first-order valence-corrected chi connectivity index (χ1v) is 10.2. The Bertz CT molecular complexity index is 500. The number of halogens is 1. The van der Waals surface area contributed by atoms with Crippen molar-refractivity contribution in [2.24, 2.45) is 0 Å². The Morgan fingerprint density at radius 3 is 2.52 bits per heavy atom. The van der Waals surface area contributed by atoms with Crippen molar-refractivity contribution in [1.82, 2.24) is 10.2 Å². The molecule has 1 atom stereocenters. The lowest BCUT2D eigenvalue weighted by Gasteiger charge is -2.28. The van der Waals surface area contributed by atoms with E-state index in [-0.39, 0.29) is 18.3 Å². The fourth-order valence-corrected chi connectivity index (χ4v) is 5.96. The van der Waals surface area contributed by atoms with E-state index in [1.165, 1.54) is 17.1 Å². The summed E-state index contributed by atoms with van der Waals surface area (Å²) in [5, 5.41) is 3.36. The van der Waals surface area contributed by atoms with E-state index in [0.717, 1.165) is 38.0 Å². The predicted octanol–water partition coefficient (Wildman–Crippen LogP) is 3.80. The number of amides is 1. The number of carbonyl (C=O) groups is 1. The monoisotopic (exact) mass is 372 g/mol. The van der Waals surface area contributed by atoms with Gasteiger partial charge in [-0.2, -0.15) is 0 Å². The first-order valence-electron chi connectivity index (χ1n) is 8.14. The summed E-state index contributed by atoms with van der Waals surface area (Å²) >= 11 is 4.01. The summed E-state index contributed by atoms with van der Waals surface area (Å²) in [5.41, 5.74) is 2.17. The molecule has 6 heteroatoms. The normalized spacial score (nSPS) is 21.2. The minimum Gasteiger partial charge on any atom is -0.334 e. The molecule has 1 unspecified atom stereocenters. The summed E-state index contributed by atoms with van der Waals surface area (Å²) in [7, 11) is 0. The second-order valence-electron chi connectivity index (χ2n) is 5.84. The molecule has 0 bridgehead atoms. The Labute approximate surface area is 153 Å². The van der Waals surface area contributed by atoms with Crippen molar-refractivity contribution in [2.75, 3.05) is 31.1 Å². The molecule has 128 valence electrons. The first-order chi connectivity index (χ1) is 10.8. The van der Waals surface area contributed by atoms with Gasteiger partial charge in [0.05, 0.1) is 4.58 Å². The zero-order valence-corrected chi connectivity index (χ0v) is 15.9. The van der Waals surface area contributed by atoms with E-state index in [4.69, 9.17) is 0 Å². The Balaban J connectivity index is 0.00000192. The molecule has 3 rings (SSSR count). The number of hydrogen-bond donors (Lipinski definition) is 1. The van der Waals surface area contributed by atoms with Crippen LogP contribution in [0.4, 0.5) is 0 Å². The minimum absolute atomic E-state index is 0. The summed E-state index contributed by atoms with van der Waals surface area (Å²) in [4.78, 5) is 14.9. The second kappa shape index (κ2) is 9.21. The molecule has 0 aromatic heterocycles. The van der Waals surface area contributed by atoms with Gasteiger partial charge < -0.3 is 10.2 Å². The smallest absolute Gasteiger partial charge is 0.254 e. The zero-order valence-electron chi connectivity index (χ0n) is 13.5. The maximum absolute atomic E-state index is 12.8. The molecule has 0 saturated carbocycles. The van der Waals surface area contributed by atoms with Crippen molar-refractivity contribution < 1.29 is 4.79 Å². The Kier molecular flexibility index (Phi) is 7.60. The van der Waals surface area contributed by atoms with Crippen LogP contribution in [0.5, 0.6) is 0 Å². The lowest BCUT2D eigenvalue weighted by Crippen LogP contribution is -2.42. The van der Waals surface area contributed by atoms with Gasteiger partial charge >= 0.3 is 0 Å². The highest BCUT2D eigenvalue weighted by atomic mass is 35.5. The highest BCUT2D eigenvalue weighted by Gasteiger charge is 2.27. The Morgan fingerprint density at radius 2 is 1.96 bits per heavy atom. The van der Waals surface area contributed by atoms with Crippen LogP contribution < -0.4 is 5.32 Å². The molecule has 2 fully saturated rings. The number of benzene rings is 1. The summed E-state index contributed by atoms with van der Waals surface area (Å²) in [6, 6.07) is 8.66. The lowest BCUT2D eigenvalue weighted by atomic mass is 10.1. The number of carbonyl (C=O) groups excluding carboxylic acids is 1. The molecule has 1 aromatic carbocycles. The molecule has 2 aliphatic heterocycles. The predicted molar refractivity (Wildman–Crippen MR) is 104 cm³/mol. The van der Waals surface area contributed by atoms with Crippen LogP contribution in [0.25, 0.3) is 0 Å². The molecule has 3 nitrogen and oxygen atoms in total. The van der Waals surface area contributed by atoms with E-state index < -0.39 is 0 Å². The van der Waals surface area contributed by atoms with E-state index in [2.05, 4.69) is 29.3 Å². The topological polar surface area (TPSA) is 32.3 Å². The van der Waals surface area contributed by atoms with Gasteiger partial charge in [-0.05, 0) is 37.1 Å². The fraction of sp³-hybridized carbons (Fsp3) is 0.588. The number of thioether (sulfide) groups is 2. The molecule has 2 saturated heterocycles. The van der Waals surface area contributed by atoms with Gasteiger partial charge in [0, 0.05) is 36.2 Å².